The molecule has 21 heavy (non-hydrogen) atoms. The number of rotatable bonds is 6. The van der Waals surface area contributed by atoms with Gasteiger partial charge in [0.05, 0.1) is 0 Å². The van der Waals surface area contributed by atoms with Gasteiger partial charge in [-0.25, -0.2) is 4.98 Å². The normalized spacial score (nSPS) is 13.7. The molecule has 0 aliphatic heterocycles. The summed E-state index contributed by atoms with van der Waals surface area (Å²) in [6, 6.07) is 14.4. The Balaban J connectivity index is 1.65. The highest BCUT2D eigenvalue weighted by atomic mass is 16.5. The van der Waals surface area contributed by atoms with Gasteiger partial charge in [0.25, 0.3) is 0 Å². The smallest absolute Gasteiger partial charge is 0.140 e. The fourth-order valence-electron chi connectivity index (χ4n) is 2.12. The van der Waals surface area contributed by atoms with Gasteiger partial charge in [0.15, 0.2) is 0 Å². The average Bonchev–Trinajstić information content (AvgIpc) is 3.36. The van der Waals surface area contributed by atoms with E-state index in [0.717, 1.165) is 17.9 Å². The van der Waals surface area contributed by atoms with E-state index in [-0.39, 0.29) is 0 Å². The molecule has 0 saturated heterocycles. The Morgan fingerprint density at radius 3 is 2.95 bits per heavy atom. The Morgan fingerprint density at radius 1 is 1.29 bits per heavy atom. The largest absolute Gasteiger partial charge is 0.489 e. The zero-order valence-electron chi connectivity index (χ0n) is 11.7. The first-order chi connectivity index (χ1) is 10.3. The Morgan fingerprint density at radius 2 is 2.14 bits per heavy atom. The first kappa shape index (κ1) is 13.6. The first-order valence-corrected chi connectivity index (χ1v) is 7.14. The molecule has 0 atom stereocenters. The molecular formula is C17H17N3O. The highest BCUT2D eigenvalue weighted by molar-refractivity contribution is 5.34. The maximum absolute atomic E-state index is 8.86. The monoisotopic (exact) mass is 279 g/mol. The van der Waals surface area contributed by atoms with Crippen molar-refractivity contribution in [3.8, 4) is 11.8 Å². The lowest BCUT2D eigenvalue weighted by Crippen LogP contribution is -2.16. The number of benzene rings is 1. The summed E-state index contributed by atoms with van der Waals surface area (Å²) in [4.78, 5) is 3.96. The van der Waals surface area contributed by atoms with E-state index in [1.165, 1.54) is 18.4 Å². The van der Waals surface area contributed by atoms with Crippen LogP contribution in [-0.4, -0.2) is 11.0 Å². The van der Waals surface area contributed by atoms with Gasteiger partial charge in [-0.3, -0.25) is 0 Å². The predicted octanol–water partition coefficient (Wildman–Crippen LogP) is 2.78. The average molecular weight is 279 g/mol. The molecule has 1 fully saturated rings. The molecule has 0 amide bonds. The number of nitrogens with one attached hydrogen (secondary N) is 1. The first-order valence-electron chi connectivity index (χ1n) is 7.14. The van der Waals surface area contributed by atoms with Crippen LogP contribution in [0.2, 0.25) is 0 Å². The molecule has 4 heteroatoms. The zero-order chi connectivity index (χ0) is 14.5. The maximum atomic E-state index is 8.86. The minimum atomic E-state index is 0.416. The molecule has 1 N–H and O–H groups in total. The van der Waals surface area contributed by atoms with Crippen molar-refractivity contribution in [3.63, 3.8) is 0 Å². The molecule has 4 nitrogen and oxygen atoms in total. The second-order valence-corrected chi connectivity index (χ2v) is 5.21. The third-order valence-corrected chi connectivity index (χ3v) is 3.46. The van der Waals surface area contributed by atoms with Gasteiger partial charge in [-0.2, -0.15) is 5.26 Å². The van der Waals surface area contributed by atoms with Crippen molar-refractivity contribution in [1.29, 1.82) is 5.26 Å². The molecule has 3 rings (SSSR count). The molecule has 1 saturated carbocycles. The lowest BCUT2D eigenvalue weighted by atomic mass is 10.2. The van der Waals surface area contributed by atoms with Crippen molar-refractivity contribution < 1.29 is 4.74 Å². The third-order valence-electron chi connectivity index (χ3n) is 3.46. The minimum absolute atomic E-state index is 0.416. The van der Waals surface area contributed by atoms with Crippen LogP contribution in [0.5, 0.6) is 5.75 Å². The van der Waals surface area contributed by atoms with Gasteiger partial charge >= 0.3 is 0 Å². The summed E-state index contributed by atoms with van der Waals surface area (Å²) in [5, 5.41) is 12.4. The van der Waals surface area contributed by atoms with Crippen LogP contribution in [0, 0.1) is 11.3 Å². The summed E-state index contributed by atoms with van der Waals surface area (Å²) in [6.07, 6.45) is 4.19. The van der Waals surface area contributed by atoms with E-state index < -0.39 is 0 Å². The van der Waals surface area contributed by atoms with Crippen LogP contribution < -0.4 is 10.1 Å². The maximum Gasteiger partial charge on any atom is 0.140 e. The molecule has 0 spiro atoms. The highest BCUT2D eigenvalue weighted by Crippen LogP contribution is 2.23. The number of ether oxygens (including phenoxy) is 1. The Labute approximate surface area is 124 Å². The standard InChI is InChI=1S/C17H17N3O/c18-10-16-9-13(7-8-19-16)12-21-17-4-2-1-3-14(17)11-20-15-5-6-15/h1-4,7-9,15,20H,5-6,11-12H2. The molecule has 106 valence electrons. The number of nitrogens with zero attached hydrogens (tertiary/aromatic N) is 2. The van der Waals surface area contributed by atoms with Crippen molar-refractivity contribution in [2.24, 2.45) is 0 Å². The van der Waals surface area contributed by atoms with Gasteiger partial charge in [0.1, 0.15) is 24.1 Å². The van der Waals surface area contributed by atoms with Crippen LogP contribution in [0.4, 0.5) is 0 Å². The van der Waals surface area contributed by atoms with Crippen molar-refractivity contribution in [2.45, 2.75) is 32.0 Å². The predicted molar refractivity (Wildman–Crippen MR) is 79.6 cm³/mol. The van der Waals surface area contributed by atoms with Gasteiger partial charge in [-0.05, 0) is 36.6 Å². The lowest BCUT2D eigenvalue weighted by molar-refractivity contribution is 0.302. The van der Waals surface area contributed by atoms with E-state index in [1.807, 2.05) is 30.3 Å². The second kappa shape index (κ2) is 6.38. The molecular weight excluding hydrogens is 262 g/mol. The SMILES string of the molecule is N#Cc1cc(COc2ccccc2CNC2CC2)ccn1. The van der Waals surface area contributed by atoms with E-state index in [0.29, 0.717) is 18.3 Å². The fraction of sp³-hybridized carbons (Fsp3) is 0.294. The molecule has 2 aromatic rings. The summed E-state index contributed by atoms with van der Waals surface area (Å²) >= 11 is 0. The number of para-hydroxylation sites is 1. The summed E-state index contributed by atoms with van der Waals surface area (Å²) in [5.41, 5.74) is 2.53. The molecule has 1 aliphatic carbocycles. The van der Waals surface area contributed by atoms with Crippen molar-refractivity contribution in [1.82, 2.24) is 10.3 Å². The van der Waals surface area contributed by atoms with Crippen LogP contribution in [0.3, 0.4) is 0 Å². The number of hydrogen-bond donors (Lipinski definition) is 1. The van der Waals surface area contributed by atoms with Gasteiger partial charge < -0.3 is 10.1 Å². The molecule has 1 aromatic heterocycles. The van der Waals surface area contributed by atoms with Crippen LogP contribution >= 0.6 is 0 Å². The zero-order valence-corrected chi connectivity index (χ0v) is 11.7. The highest BCUT2D eigenvalue weighted by Gasteiger charge is 2.20. The van der Waals surface area contributed by atoms with Crippen molar-refractivity contribution >= 4 is 0 Å². The van der Waals surface area contributed by atoms with Crippen LogP contribution in [-0.2, 0) is 13.2 Å². The molecule has 0 unspecified atom stereocenters. The molecule has 0 radical (unpaired) electrons. The topological polar surface area (TPSA) is 57.9 Å². The Bertz CT molecular complexity index is 659. The molecule has 1 aromatic carbocycles. The number of pyridine rings is 1. The van der Waals surface area contributed by atoms with E-state index in [2.05, 4.69) is 16.4 Å². The number of aromatic nitrogens is 1. The summed E-state index contributed by atoms with van der Waals surface area (Å²) in [5.74, 6) is 0.890. The third kappa shape index (κ3) is 3.80. The second-order valence-electron chi connectivity index (χ2n) is 5.21. The van der Waals surface area contributed by atoms with E-state index in [1.54, 1.807) is 12.3 Å². The fourth-order valence-corrected chi connectivity index (χ4v) is 2.12. The molecule has 0 bridgehead atoms. The Hall–Kier alpha value is -2.38. The number of hydrogen-bond acceptors (Lipinski definition) is 4. The van der Waals surface area contributed by atoms with E-state index >= 15 is 0 Å². The summed E-state index contributed by atoms with van der Waals surface area (Å²) in [7, 11) is 0. The molecule has 1 heterocycles. The molecule has 1 aliphatic rings. The van der Waals surface area contributed by atoms with Gasteiger partial charge in [0.2, 0.25) is 0 Å². The summed E-state index contributed by atoms with van der Waals surface area (Å²) < 4.78 is 5.90. The van der Waals surface area contributed by atoms with Gasteiger partial charge in [-0.15, -0.1) is 0 Å². The summed E-state index contributed by atoms with van der Waals surface area (Å²) in [6.45, 7) is 1.28. The van der Waals surface area contributed by atoms with Crippen LogP contribution in [0.1, 0.15) is 29.7 Å². The van der Waals surface area contributed by atoms with Crippen LogP contribution in [0.25, 0.3) is 0 Å². The van der Waals surface area contributed by atoms with E-state index in [9.17, 15) is 0 Å². The van der Waals surface area contributed by atoms with Crippen LogP contribution in [0.15, 0.2) is 42.6 Å². The minimum Gasteiger partial charge on any atom is -0.489 e. The quantitative estimate of drug-likeness (QED) is 0.883. The lowest BCUT2D eigenvalue weighted by Gasteiger charge is -2.12. The Kier molecular flexibility index (Phi) is 4.13. The van der Waals surface area contributed by atoms with Gasteiger partial charge in [0, 0.05) is 24.3 Å². The van der Waals surface area contributed by atoms with Crippen molar-refractivity contribution in [2.75, 3.05) is 0 Å². The number of nitriles is 1. The van der Waals surface area contributed by atoms with Crippen molar-refractivity contribution in [3.05, 3.63) is 59.4 Å². The van der Waals surface area contributed by atoms with Gasteiger partial charge in [-0.1, -0.05) is 18.2 Å². The van der Waals surface area contributed by atoms with E-state index in [4.69, 9.17) is 10.00 Å².